The number of carbonyl (C=O) groups is 1. The molecule has 1 fully saturated rings. The van der Waals surface area contributed by atoms with Gasteiger partial charge < -0.3 is 9.84 Å². The monoisotopic (exact) mass is 468 g/mol. The fourth-order valence-corrected chi connectivity index (χ4v) is 6.82. The molecule has 0 amide bonds. The normalized spacial score (nSPS) is 23.8. The van der Waals surface area contributed by atoms with Gasteiger partial charge in [0, 0.05) is 10.3 Å². The van der Waals surface area contributed by atoms with Crippen LogP contribution in [0.4, 0.5) is 4.79 Å². The number of hydrogen-bond donors (Lipinski definition) is 1. The Morgan fingerprint density at radius 1 is 1.03 bits per heavy atom. The van der Waals surface area contributed by atoms with E-state index in [1.54, 1.807) is 0 Å². The van der Waals surface area contributed by atoms with Gasteiger partial charge in [-0.05, 0) is 49.4 Å². The van der Waals surface area contributed by atoms with Gasteiger partial charge in [-0.25, -0.2) is 4.79 Å². The number of rotatable bonds is 8. The number of benzene rings is 3. The van der Waals surface area contributed by atoms with Crippen molar-refractivity contribution in [1.29, 1.82) is 0 Å². The molecule has 3 aromatic carbocycles. The smallest absolute Gasteiger partial charge is 0.450 e. The van der Waals surface area contributed by atoms with Crippen LogP contribution < -0.4 is 0 Å². The second-order valence-electron chi connectivity index (χ2n) is 8.30. The minimum absolute atomic E-state index is 0.391. The van der Waals surface area contributed by atoms with Gasteiger partial charge >= 0.3 is 6.16 Å². The Bertz CT molecular complexity index is 1100. The molecule has 32 heavy (non-hydrogen) atoms. The lowest BCUT2D eigenvalue weighted by Gasteiger charge is -2.30. The Balaban J connectivity index is 1.73. The Hall–Kier alpha value is -2.63. The lowest BCUT2D eigenvalue weighted by molar-refractivity contribution is 0.0121. The van der Waals surface area contributed by atoms with E-state index in [-0.39, 0.29) is 0 Å². The molecule has 0 aliphatic heterocycles. The highest BCUT2D eigenvalue weighted by atomic mass is 35.5. The molecule has 1 aliphatic rings. The van der Waals surface area contributed by atoms with Gasteiger partial charge in [0.15, 0.2) is 0 Å². The molecule has 166 valence electrons. The Morgan fingerprint density at radius 2 is 1.62 bits per heavy atom. The number of alkyl halides is 1. The molecule has 3 aromatic rings. The number of aryl methyl sites for hydroxylation is 2. The van der Waals surface area contributed by atoms with Crippen LogP contribution >= 0.6 is 11.6 Å². The standard InChI is InChI=1S/C26H25ClO4S/c1-19-12-14-22(15-13-19)32(30)26(27)18-25(26,17-16-20-8-4-2-5-9-20)23(31-24(28)29)21-10-6-3-7-11-21/h2-15,23H,16-18H2,1H3,(H,28,29)/t23?,25-,26-,32?/m1/s1. The molecule has 0 saturated heterocycles. The maximum absolute atomic E-state index is 13.7. The van der Waals surface area contributed by atoms with Crippen molar-refractivity contribution in [2.75, 3.05) is 0 Å². The van der Waals surface area contributed by atoms with Crippen LogP contribution in [0.3, 0.4) is 0 Å². The third kappa shape index (κ3) is 4.32. The number of ether oxygens (including phenoxy) is 1. The Morgan fingerprint density at radius 3 is 2.22 bits per heavy atom. The first-order valence-corrected chi connectivity index (χ1v) is 12.0. The first kappa shape index (κ1) is 22.6. The molecule has 2 unspecified atom stereocenters. The SMILES string of the molecule is Cc1ccc(S(=O)[C@]2(Cl)C[C@]2(CCc2ccccc2)C(OC(=O)O)c2ccccc2)cc1. The van der Waals surface area contributed by atoms with Crippen molar-refractivity contribution >= 4 is 28.6 Å². The Labute approximate surface area is 195 Å². The summed E-state index contributed by atoms with van der Waals surface area (Å²) in [7, 11) is -1.54. The van der Waals surface area contributed by atoms with Crippen molar-refractivity contribution in [3.05, 3.63) is 102 Å². The highest BCUT2D eigenvalue weighted by Crippen LogP contribution is 2.72. The van der Waals surface area contributed by atoms with E-state index in [0.717, 1.165) is 11.1 Å². The summed E-state index contributed by atoms with van der Waals surface area (Å²) in [6.45, 7) is 1.97. The van der Waals surface area contributed by atoms with Crippen molar-refractivity contribution in [2.45, 2.75) is 41.4 Å². The molecule has 4 atom stereocenters. The quantitative estimate of drug-likeness (QED) is 0.303. The zero-order chi connectivity index (χ0) is 22.8. The molecule has 1 saturated carbocycles. The second-order valence-corrected chi connectivity index (χ2v) is 10.9. The van der Waals surface area contributed by atoms with Crippen LogP contribution in [0.1, 0.15) is 35.6 Å². The van der Waals surface area contributed by atoms with Gasteiger partial charge in [-0.3, -0.25) is 4.21 Å². The summed E-state index contributed by atoms with van der Waals surface area (Å²) in [6, 6.07) is 26.6. The van der Waals surface area contributed by atoms with Gasteiger partial charge in [0.05, 0.1) is 10.8 Å². The second kappa shape index (κ2) is 9.08. The topological polar surface area (TPSA) is 63.6 Å². The third-order valence-corrected chi connectivity index (χ3v) is 8.99. The first-order valence-electron chi connectivity index (χ1n) is 10.5. The molecule has 0 bridgehead atoms. The van der Waals surface area contributed by atoms with E-state index in [2.05, 4.69) is 0 Å². The van der Waals surface area contributed by atoms with Gasteiger partial charge in [0.25, 0.3) is 0 Å². The summed E-state index contributed by atoms with van der Waals surface area (Å²) in [4.78, 5) is 12.3. The maximum Gasteiger partial charge on any atom is 0.506 e. The summed E-state index contributed by atoms with van der Waals surface area (Å²) in [5.74, 6) is 0. The molecule has 0 radical (unpaired) electrons. The summed E-state index contributed by atoms with van der Waals surface area (Å²) in [6.07, 6.45) is -0.582. The number of carboxylic acid groups (broad SMARTS) is 1. The van der Waals surface area contributed by atoms with Crippen LogP contribution in [0.25, 0.3) is 0 Å². The predicted molar refractivity (Wildman–Crippen MR) is 126 cm³/mol. The van der Waals surface area contributed by atoms with E-state index in [1.165, 1.54) is 0 Å². The molecule has 4 rings (SSSR count). The Kier molecular flexibility index (Phi) is 6.40. The van der Waals surface area contributed by atoms with Crippen LogP contribution in [0.5, 0.6) is 0 Å². The average Bonchev–Trinajstić information content (AvgIpc) is 3.43. The minimum atomic E-state index is -1.54. The van der Waals surface area contributed by atoms with Crippen molar-refractivity contribution in [3.8, 4) is 0 Å². The molecular weight excluding hydrogens is 444 g/mol. The van der Waals surface area contributed by atoms with E-state index in [4.69, 9.17) is 16.3 Å². The number of halogens is 1. The van der Waals surface area contributed by atoms with Crippen LogP contribution in [0, 0.1) is 12.3 Å². The van der Waals surface area contributed by atoms with Gasteiger partial charge in [-0.2, -0.15) is 0 Å². The summed E-state index contributed by atoms with van der Waals surface area (Å²) < 4.78 is 18.0. The zero-order valence-electron chi connectivity index (χ0n) is 17.7. The molecule has 4 nitrogen and oxygen atoms in total. The van der Waals surface area contributed by atoms with E-state index in [9.17, 15) is 14.1 Å². The molecule has 1 aliphatic carbocycles. The molecule has 0 spiro atoms. The van der Waals surface area contributed by atoms with Crippen LogP contribution in [0.2, 0.25) is 0 Å². The number of hydrogen-bond acceptors (Lipinski definition) is 3. The maximum atomic E-state index is 13.7. The highest BCUT2D eigenvalue weighted by Gasteiger charge is 2.75. The fraction of sp³-hybridized carbons (Fsp3) is 0.269. The van der Waals surface area contributed by atoms with Crippen LogP contribution in [0.15, 0.2) is 89.8 Å². The van der Waals surface area contributed by atoms with Gasteiger partial charge in [-0.15, -0.1) is 11.6 Å². The summed E-state index contributed by atoms with van der Waals surface area (Å²) >= 11 is 7.11. The lowest BCUT2D eigenvalue weighted by Crippen LogP contribution is -2.30. The van der Waals surface area contributed by atoms with Gasteiger partial charge in [0.2, 0.25) is 0 Å². The van der Waals surface area contributed by atoms with Crippen molar-refractivity contribution in [3.63, 3.8) is 0 Å². The fourth-order valence-electron chi connectivity index (χ4n) is 4.40. The third-order valence-electron chi connectivity index (χ3n) is 6.22. The van der Waals surface area contributed by atoms with E-state index >= 15 is 0 Å². The largest absolute Gasteiger partial charge is 0.506 e. The molecular formula is C26H25ClO4S. The minimum Gasteiger partial charge on any atom is -0.450 e. The van der Waals surface area contributed by atoms with E-state index in [0.29, 0.717) is 29.7 Å². The van der Waals surface area contributed by atoms with E-state index in [1.807, 2.05) is 91.9 Å². The molecule has 6 heteroatoms. The molecule has 0 aromatic heterocycles. The molecule has 0 heterocycles. The van der Waals surface area contributed by atoms with Gasteiger partial charge in [0.1, 0.15) is 10.3 Å². The highest BCUT2D eigenvalue weighted by molar-refractivity contribution is 7.88. The van der Waals surface area contributed by atoms with Crippen molar-refractivity contribution < 1.29 is 18.8 Å². The molecule has 1 N–H and O–H groups in total. The van der Waals surface area contributed by atoms with Crippen LogP contribution in [-0.2, 0) is 22.0 Å². The van der Waals surface area contributed by atoms with E-state index < -0.39 is 32.7 Å². The lowest BCUT2D eigenvalue weighted by atomic mass is 9.87. The van der Waals surface area contributed by atoms with Crippen molar-refractivity contribution in [2.24, 2.45) is 5.41 Å². The zero-order valence-corrected chi connectivity index (χ0v) is 19.3. The first-order chi connectivity index (χ1) is 15.4. The van der Waals surface area contributed by atoms with Crippen molar-refractivity contribution in [1.82, 2.24) is 0 Å². The average molecular weight is 469 g/mol. The predicted octanol–water partition coefficient (Wildman–Crippen LogP) is 6.50. The van der Waals surface area contributed by atoms with Crippen LogP contribution in [-0.4, -0.2) is 19.7 Å². The van der Waals surface area contributed by atoms with Gasteiger partial charge in [-0.1, -0.05) is 78.4 Å². The summed E-state index contributed by atoms with van der Waals surface area (Å²) in [5.41, 5.74) is 2.09. The summed E-state index contributed by atoms with van der Waals surface area (Å²) in [5, 5.41) is 9.54.